The molecule has 1 aromatic heterocycles. The Balaban J connectivity index is 1.50. The van der Waals surface area contributed by atoms with E-state index in [1.54, 1.807) is 0 Å². The van der Waals surface area contributed by atoms with Gasteiger partial charge in [-0.05, 0) is 48.6 Å². The zero-order valence-electron chi connectivity index (χ0n) is 15.0. The summed E-state index contributed by atoms with van der Waals surface area (Å²) in [6.45, 7) is 6.00. The fourth-order valence-electron chi connectivity index (χ4n) is 3.31. The third kappa shape index (κ3) is 4.73. The van der Waals surface area contributed by atoms with E-state index in [0.29, 0.717) is 6.54 Å². The van der Waals surface area contributed by atoms with E-state index in [4.69, 9.17) is 10.2 Å². The monoisotopic (exact) mass is 355 g/mol. The molecule has 1 aromatic carbocycles. The minimum absolute atomic E-state index is 0.0217. The third-order valence-corrected chi connectivity index (χ3v) is 4.70. The standard InChI is InChI=1S/C20H25N3O3/c1-14-3-2-10-23(12-14)13-16-6-4-15(5-7-16)11-22-20(25)18-9-8-17(26-18)19(21)24/h4-9,14H,2-3,10-13H2,1H3,(H2,21,24)(H,22,25). The second kappa shape index (κ2) is 8.19. The lowest BCUT2D eigenvalue weighted by Crippen LogP contribution is -2.33. The SMILES string of the molecule is CC1CCCN(Cc2ccc(CNC(=O)c3ccc(C(N)=O)o3)cc2)C1. The largest absolute Gasteiger partial charge is 0.446 e. The number of furan rings is 1. The first-order valence-electron chi connectivity index (χ1n) is 8.99. The van der Waals surface area contributed by atoms with Crippen molar-refractivity contribution in [3.8, 4) is 0 Å². The van der Waals surface area contributed by atoms with Crippen molar-refractivity contribution in [1.82, 2.24) is 10.2 Å². The number of hydrogen-bond acceptors (Lipinski definition) is 4. The number of nitrogens with two attached hydrogens (primary N) is 1. The van der Waals surface area contributed by atoms with Crippen LogP contribution in [0.15, 0.2) is 40.8 Å². The van der Waals surface area contributed by atoms with Crippen LogP contribution in [0.1, 0.15) is 52.0 Å². The average molecular weight is 355 g/mol. The molecule has 6 heteroatoms. The maximum absolute atomic E-state index is 12.1. The van der Waals surface area contributed by atoms with Gasteiger partial charge in [-0.25, -0.2) is 0 Å². The van der Waals surface area contributed by atoms with Gasteiger partial charge in [0.15, 0.2) is 11.5 Å². The van der Waals surface area contributed by atoms with Crippen molar-refractivity contribution in [2.75, 3.05) is 13.1 Å². The van der Waals surface area contributed by atoms with Crippen molar-refractivity contribution >= 4 is 11.8 Å². The molecule has 3 N–H and O–H groups in total. The van der Waals surface area contributed by atoms with Crippen LogP contribution >= 0.6 is 0 Å². The quantitative estimate of drug-likeness (QED) is 0.833. The van der Waals surface area contributed by atoms with E-state index < -0.39 is 5.91 Å². The minimum atomic E-state index is -0.692. The van der Waals surface area contributed by atoms with Gasteiger partial charge in [0.1, 0.15) is 0 Å². The number of hydrogen-bond donors (Lipinski definition) is 2. The summed E-state index contributed by atoms with van der Waals surface area (Å²) < 4.78 is 5.12. The van der Waals surface area contributed by atoms with Crippen molar-refractivity contribution in [2.24, 2.45) is 11.7 Å². The molecule has 2 aromatic rings. The molecule has 2 amide bonds. The van der Waals surface area contributed by atoms with Gasteiger partial charge in [-0.2, -0.15) is 0 Å². The molecule has 0 radical (unpaired) electrons. The maximum Gasteiger partial charge on any atom is 0.287 e. The molecular weight excluding hydrogens is 330 g/mol. The summed E-state index contributed by atoms with van der Waals surface area (Å²) in [5, 5.41) is 2.78. The van der Waals surface area contributed by atoms with E-state index in [1.807, 2.05) is 12.1 Å². The van der Waals surface area contributed by atoms with Crippen LogP contribution in [-0.2, 0) is 13.1 Å². The second-order valence-corrected chi connectivity index (χ2v) is 7.01. The van der Waals surface area contributed by atoms with E-state index >= 15 is 0 Å². The highest BCUT2D eigenvalue weighted by Crippen LogP contribution is 2.18. The molecule has 1 saturated heterocycles. The van der Waals surface area contributed by atoms with E-state index in [9.17, 15) is 9.59 Å². The predicted octanol–water partition coefficient (Wildman–Crippen LogP) is 2.54. The summed E-state index contributed by atoms with van der Waals surface area (Å²) in [6, 6.07) is 11.1. The lowest BCUT2D eigenvalue weighted by Gasteiger charge is -2.30. The molecule has 0 aliphatic carbocycles. The van der Waals surface area contributed by atoms with Crippen LogP contribution < -0.4 is 11.1 Å². The Morgan fingerprint density at radius 2 is 1.85 bits per heavy atom. The number of nitrogens with one attached hydrogen (secondary N) is 1. The van der Waals surface area contributed by atoms with Crippen molar-refractivity contribution in [3.05, 3.63) is 59.0 Å². The summed E-state index contributed by atoms with van der Waals surface area (Å²) in [4.78, 5) is 25.6. The van der Waals surface area contributed by atoms with Crippen LogP contribution in [0.5, 0.6) is 0 Å². The molecule has 0 saturated carbocycles. The van der Waals surface area contributed by atoms with E-state index in [1.165, 1.54) is 37.1 Å². The lowest BCUT2D eigenvalue weighted by molar-refractivity contribution is 0.0913. The van der Waals surface area contributed by atoms with Crippen molar-refractivity contribution in [2.45, 2.75) is 32.9 Å². The van der Waals surface area contributed by atoms with Crippen molar-refractivity contribution in [3.63, 3.8) is 0 Å². The molecule has 26 heavy (non-hydrogen) atoms. The highest BCUT2D eigenvalue weighted by molar-refractivity contribution is 5.94. The Bertz CT molecular complexity index is 767. The smallest absolute Gasteiger partial charge is 0.287 e. The van der Waals surface area contributed by atoms with Gasteiger partial charge in [-0.1, -0.05) is 31.2 Å². The van der Waals surface area contributed by atoms with Crippen molar-refractivity contribution < 1.29 is 14.0 Å². The number of rotatable bonds is 6. The molecule has 1 atom stereocenters. The van der Waals surface area contributed by atoms with Crippen LogP contribution in [0.25, 0.3) is 0 Å². The van der Waals surface area contributed by atoms with E-state index in [2.05, 4.69) is 29.3 Å². The summed E-state index contributed by atoms with van der Waals surface area (Å²) in [7, 11) is 0. The predicted molar refractivity (Wildman–Crippen MR) is 98.5 cm³/mol. The Kier molecular flexibility index (Phi) is 5.73. The van der Waals surface area contributed by atoms with Gasteiger partial charge < -0.3 is 15.5 Å². The van der Waals surface area contributed by atoms with Crippen LogP contribution in [0, 0.1) is 5.92 Å². The summed E-state index contributed by atoms with van der Waals surface area (Å²) in [5.41, 5.74) is 7.41. The molecule has 0 spiro atoms. The van der Waals surface area contributed by atoms with Crippen molar-refractivity contribution in [1.29, 1.82) is 0 Å². The van der Waals surface area contributed by atoms with E-state index in [-0.39, 0.29) is 17.4 Å². The first kappa shape index (κ1) is 18.2. The molecule has 6 nitrogen and oxygen atoms in total. The Morgan fingerprint density at radius 3 is 2.50 bits per heavy atom. The molecule has 1 unspecified atom stereocenters. The number of piperidine rings is 1. The molecule has 138 valence electrons. The number of amides is 2. The number of likely N-dealkylation sites (tertiary alicyclic amines) is 1. The van der Waals surface area contributed by atoms with E-state index in [0.717, 1.165) is 24.6 Å². The average Bonchev–Trinajstić information content (AvgIpc) is 3.11. The topological polar surface area (TPSA) is 88.6 Å². The zero-order valence-corrected chi connectivity index (χ0v) is 15.0. The number of nitrogens with zero attached hydrogens (tertiary/aromatic N) is 1. The summed E-state index contributed by atoms with van der Waals surface area (Å²) >= 11 is 0. The Hall–Kier alpha value is -2.60. The number of carbonyl (C=O) groups excluding carboxylic acids is 2. The van der Waals surface area contributed by atoms with Crippen LogP contribution in [-0.4, -0.2) is 29.8 Å². The first-order valence-corrected chi connectivity index (χ1v) is 8.99. The molecule has 3 rings (SSSR count). The summed E-state index contributed by atoms with van der Waals surface area (Å²) in [6.07, 6.45) is 2.60. The highest BCUT2D eigenvalue weighted by atomic mass is 16.4. The van der Waals surface area contributed by atoms with Gasteiger partial charge in [0.2, 0.25) is 0 Å². The van der Waals surface area contributed by atoms with Crippen LogP contribution in [0.4, 0.5) is 0 Å². The summed E-state index contributed by atoms with van der Waals surface area (Å²) in [5.74, 6) is -0.234. The fraction of sp³-hybridized carbons (Fsp3) is 0.400. The normalized spacial score (nSPS) is 17.8. The Labute approximate surface area is 153 Å². The van der Waals surface area contributed by atoms with Crippen LogP contribution in [0.2, 0.25) is 0 Å². The number of benzene rings is 1. The van der Waals surface area contributed by atoms with Gasteiger partial charge in [0.05, 0.1) is 0 Å². The molecular formula is C20H25N3O3. The van der Waals surface area contributed by atoms with Gasteiger partial charge in [-0.3, -0.25) is 14.5 Å². The molecule has 1 fully saturated rings. The first-order chi connectivity index (χ1) is 12.5. The molecule has 2 heterocycles. The van der Waals surface area contributed by atoms with Gasteiger partial charge in [-0.15, -0.1) is 0 Å². The fourth-order valence-corrected chi connectivity index (χ4v) is 3.31. The molecule has 0 bridgehead atoms. The third-order valence-electron chi connectivity index (χ3n) is 4.70. The molecule has 1 aliphatic rings. The number of carbonyl (C=O) groups is 2. The second-order valence-electron chi connectivity index (χ2n) is 7.01. The van der Waals surface area contributed by atoms with Gasteiger partial charge in [0.25, 0.3) is 11.8 Å². The number of primary amides is 1. The minimum Gasteiger partial charge on any atom is -0.446 e. The van der Waals surface area contributed by atoms with Gasteiger partial charge >= 0.3 is 0 Å². The zero-order chi connectivity index (χ0) is 18.5. The van der Waals surface area contributed by atoms with Gasteiger partial charge in [0, 0.05) is 19.6 Å². The lowest BCUT2D eigenvalue weighted by atomic mass is 9.99. The highest BCUT2D eigenvalue weighted by Gasteiger charge is 2.16. The maximum atomic E-state index is 12.1. The molecule has 1 aliphatic heterocycles. The van der Waals surface area contributed by atoms with Crippen LogP contribution in [0.3, 0.4) is 0 Å². The Morgan fingerprint density at radius 1 is 1.15 bits per heavy atom.